The lowest BCUT2D eigenvalue weighted by molar-refractivity contribution is 0.477. The lowest BCUT2D eigenvalue weighted by atomic mass is 10.2. The van der Waals surface area contributed by atoms with E-state index in [9.17, 15) is 8.42 Å². The molecule has 1 aromatic heterocycles. The van der Waals surface area contributed by atoms with Crippen molar-refractivity contribution in [3.05, 3.63) is 34.7 Å². The van der Waals surface area contributed by atoms with E-state index in [1.807, 2.05) is 12.1 Å². The molecule has 2 aromatic rings. The highest BCUT2D eigenvalue weighted by Crippen LogP contribution is 2.42. The molecule has 2 heterocycles. The summed E-state index contributed by atoms with van der Waals surface area (Å²) < 4.78 is 26.6. The summed E-state index contributed by atoms with van der Waals surface area (Å²) >= 11 is 1.71. The van der Waals surface area contributed by atoms with Crippen molar-refractivity contribution in [1.29, 1.82) is 0 Å². The molecule has 0 atom stereocenters. The van der Waals surface area contributed by atoms with Gasteiger partial charge in [-0.3, -0.25) is 0 Å². The predicted molar refractivity (Wildman–Crippen MR) is 87.5 cm³/mol. The number of sulfonamides is 1. The molecule has 1 aromatic carbocycles. The number of aromatic nitrogens is 1. The van der Waals surface area contributed by atoms with E-state index in [-0.39, 0.29) is 0 Å². The van der Waals surface area contributed by atoms with Gasteiger partial charge in [0.2, 0.25) is 10.0 Å². The Kier molecular flexibility index (Phi) is 3.55. The highest BCUT2D eigenvalue weighted by atomic mass is 32.2. The van der Waals surface area contributed by atoms with Crippen LogP contribution >= 0.6 is 11.3 Å². The Balaban J connectivity index is 1.59. The van der Waals surface area contributed by atoms with Crippen LogP contribution in [0.1, 0.15) is 36.6 Å². The summed E-state index contributed by atoms with van der Waals surface area (Å²) in [5.74, 6) is 0.661. The smallest absolute Gasteiger partial charge is 0.241 e. The normalized spacial score (nSPS) is 19.6. The molecule has 1 saturated heterocycles. The van der Waals surface area contributed by atoms with Crippen LogP contribution in [0.4, 0.5) is 0 Å². The molecule has 0 spiro atoms. The zero-order valence-corrected chi connectivity index (χ0v) is 13.9. The summed E-state index contributed by atoms with van der Waals surface area (Å²) in [6.45, 7) is 1.28. The summed E-state index contributed by atoms with van der Waals surface area (Å²) in [4.78, 5) is 5.06. The van der Waals surface area contributed by atoms with Gasteiger partial charge in [-0.15, -0.1) is 11.3 Å². The van der Waals surface area contributed by atoms with Gasteiger partial charge in [-0.2, -0.15) is 4.31 Å². The Hall–Kier alpha value is -1.24. The number of thiazole rings is 1. The monoisotopic (exact) mass is 334 g/mol. The third-order valence-corrected chi connectivity index (χ3v) is 7.22. The van der Waals surface area contributed by atoms with E-state index < -0.39 is 10.0 Å². The third kappa shape index (κ3) is 2.59. The van der Waals surface area contributed by atoms with Gasteiger partial charge in [0.15, 0.2) is 0 Å². The molecule has 0 radical (unpaired) electrons. The van der Waals surface area contributed by atoms with Crippen LogP contribution in [0.2, 0.25) is 0 Å². The van der Waals surface area contributed by atoms with Crippen LogP contribution in [0, 0.1) is 0 Å². The van der Waals surface area contributed by atoms with E-state index in [1.54, 1.807) is 27.8 Å². The average molecular weight is 334 g/mol. The number of hydrogen-bond acceptors (Lipinski definition) is 4. The third-order valence-electron chi connectivity index (χ3n) is 4.30. The Labute approximate surface area is 134 Å². The summed E-state index contributed by atoms with van der Waals surface area (Å²) in [6, 6.07) is 7.15. The van der Waals surface area contributed by atoms with Gasteiger partial charge in [0.05, 0.1) is 15.6 Å². The van der Waals surface area contributed by atoms with Gasteiger partial charge in [-0.25, -0.2) is 13.4 Å². The van der Waals surface area contributed by atoms with Gasteiger partial charge in [0.1, 0.15) is 0 Å². The molecule has 0 bridgehead atoms. The molecule has 1 saturated carbocycles. The van der Waals surface area contributed by atoms with Gasteiger partial charge in [0.25, 0.3) is 0 Å². The number of hydrogen-bond donors (Lipinski definition) is 0. The summed E-state index contributed by atoms with van der Waals surface area (Å²) in [5.41, 5.74) is 1.94. The van der Waals surface area contributed by atoms with E-state index in [2.05, 4.69) is 10.4 Å². The average Bonchev–Trinajstić information content (AvgIpc) is 3.06. The van der Waals surface area contributed by atoms with Crippen LogP contribution in [0.15, 0.2) is 34.5 Å². The molecule has 1 aliphatic heterocycles. The molecule has 6 heteroatoms. The van der Waals surface area contributed by atoms with Crippen LogP contribution in [-0.2, 0) is 10.0 Å². The topological polar surface area (TPSA) is 50.3 Å². The van der Waals surface area contributed by atoms with Crippen molar-refractivity contribution < 1.29 is 8.42 Å². The fraction of sp³-hybridized carbons (Fsp3) is 0.438. The summed E-state index contributed by atoms with van der Waals surface area (Å²) in [5, 5.41) is 3.28. The van der Waals surface area contributed by atoms with Crippen LogP contribution < -0.4 is 0 Å². The van der Waals surface area contributed by atoms with Crippen molar-refractivity contribution >= 4 is 21.4 Å². The fourth-order valence-electron chi connectivity index (χ4n) is 2.81. The van der Waals surface area contributed by atoms with Crippen molar-refractivity contribution in [2.45, 2.75) is 36.5 Å². The second kappa shape index (κ2) is 5.44. The quantitative estimate of drug-likeness (QED) is 0.860. The summed E-state index contributed by atoms with van der Waals surface area (Å²) in [7, 11) is -3.32. The van der Waals surface area contributed by atoms with Crippen molar-refractivity contribution in [1.82, 2.24) is 9.29 Å². The van der Waals surface area contributed by atoms with Crippen molar-refractivity contribution in [2.24, 2.45) is 0 Å². The van der Waals surface area contributed by atoms with E-state index in [4.69, 9.17) is 0 Å². The molecule has 4 nitrogen and oxygen atoms in total. The van der Waals surface area contributed by atoms with E-state index in [0.29, 0.717) is 23.9 Å². The maximum Gasteiger partial charge on any atom is 0.243 e. The molecule has 2 fully saturated rings. The molecule has 4 rings (SSSR count). The minimum Gasteiger partial charge on any atom is -0.241 e. The maximum atomic E-state index is 12.5. The number of benzene rings is 1. The first-order valence-electron chi connectivity index (χ1n) is 7.70. The van der Waals surface area contributed by atoms with Gasteiger partial charge in [-0.1, -0.05) is 12.1 Å². The van der Waals surface area contributed by atoms with Crippen LogP contribution in [0.25, 0.3) is 11.3 Å². The standard InChI is InChI=1S/C16H18N2O2S2/c19-22(20,18-9-1-2-10-18)14-7-5-12(6-8-14)15-11-21-16(17-15)13-3-4-13/h5-8,11,13H,1-4,9-10H2. The first-order chi connectivity index (χ1) is 10.6. The van der Waals surface area contributed by atoms with Crippen LogP contribution in [-0.4, -0.2) is 30.8 Å². The predicted octanol–water partition coefficient (Wildman–Crippen LogP) is 3.47. The molecule has 0 N–H and O–H groups in total. The SMILES string of the molecule is O=S(=O)(c1ccc(-c2csc(C3CC3)n2)cc1)N1CCCC1. The number of rotatable bonds is 4. The number of nitrogens with zero attached hydrogens (tertiary/aromatic N) is 2. The van der Waals surface area contributed by atoms with Crippen molar-refractivity contribution in [3.63, 3.8) is 0 Å². The van der Waals surface area contributed by atoms with Gasteiger partial charge < -0.3 is 0 Å². The van der Waals surface area contributed by atoms with Crippen LogP contribution in [0.3, 0.4) is 0 Å². The molecular weight excluding hydrogens is 316 g/mol. The zero-order chi connectivity index (χ0) is 15.2. The highest BCUT2D eigenvalue weighted by molar-refractivity contribution is 7.89. The summed E-state index contributed by atoms with van der Waals surface area (Å²) in [6.07, 6.45) is 4.42. The Morgan fingerprint density at radius 1 is 1.09 bits per heavy atom. The van der Waals surface area contributed by atoms with E-state index in [1.165, 1.54) is 17.8 Å². The second-order valence-electron chi connectivity index (χ2n) is 5.98. The first kappa shape index (κ1) is 14.4. The Bertz CT molecular complexity index is 771. The van der Waals surface area contributed by atoms with Crippen LogP contribution in [0.5, 0.6) is 0 Å². The van der Waals surface area contributed by atoms with Gasteiger partial charge in [0, 0.05) is 30.0 Å². The lowest BCUT2D eigenvalue weighted by Gasteiger charge is -2.15. The fourth-order valence-corrected chi connectivity index (χ4v) is 5.33. The van der Waals surface area contributed by atoms with Gasteiger partial charge in [-0.05, 0) is 37.8 Å². The molecular formula is C16H18N2O2S2. The zero-order valence-electron chi connectivity index (χ0n) is 12.2. The largest absolute Gasteiger partial charge is 0.243 e. The van der Waals surface area contributed by atoms with E-state index >= 15 is 0 Å². The highest BCUT2D eigenvalue weighted by Gasteiger charge is 2.28. The van der Waals surface area contributed by atoms with Gasteiger partial charge >= 0.3 is 0 Å². The molecule has 1 aliphatic carbocycles. The first-order valence-corrected chi connectivity index (χ1v) is 10.0. The minimum atomic E-state index is -3.32. The minimum absolute atomic E-state index is 0.385. The Morgan fingerprint density at radius 3 is 2.41 bits per heavy atom. The van der Waals surface area contributed by atoms with E-state index in [0.717, 1.165) is 24.1 Å². The maximum absolute atomic E-state index is 12.5. The molecule has 116 valence electrons. The lowest BCUT2D eigenvalue weighted by Crippen LogP contribution is -2.27. The van der Waals surface area contributed by atoms with Crippen molar-refractivity contribution in [3.8, 4) is 11.3 Å². The van der Waals surface area contributed by atoms with Crippen molar-refractivity contribution in [2.75, 3.05) is 13.1 Å². The Morgan fingerprint density at radius 2 is 1.77 bits per heavy atom. The molecule has 0 unspecified atom stereocenters. The second-order valence-corrected chi connectivity index (χ2v) is 8.81. The molecule has 0 amide bonds. The molecule has 2 aliphatic rings. The molecule has 22 heavy (non-hydrogen) atoms.